The van der Waals surface area contributed by atoms with Gasteiger partial charge in [0.05, 0.1) is 0 Å². The molecule has 2 radical (unpaired) electrons. The molecule has 6 heteroatoms. The van der Waals surface area contributed by atoms with Crippen LogP contribution in [0.5, 0.6) is 0 Å². The molecule has 0 heterocycles. The topological polar surface area (TPSA) is 46.5 Å². The second kappa shape index (κ2) is 22.5. The summed E-state index contributed by atoms with van der Waals surface area (Å²) in [6.45, 7) is 0.736. The molecule has 0 spiro atoms. The third kappa shape index (κ3) is 25.4. The van der Waals surface area contributed by atoms with Gasteiger partial charge in [0.1, 0.15) is 0 Å². The minimum Gasteiger partial charge on any atom is -0.509 e. The second-order valence-corrected chi connectivity index (χ2v) is 0.175. The summed E-state index contributed by atoms with van der Waals surface area (Å²) in [7, 11) is 0. The van der Waals surface area contributed by atoms with Gasteiger partial charge in [-0.2, -0.15) is 0 Å². The van der Waals surface area contributed by atoms with Gasteiger partial charge in [-0.05, 0) is 6.47 Å². The van der Waals surface area contributed by atoms with Crippen LogP contribution in [0.2, 0.25) is 0 Å². The van der Waals surface area contributed by atoms with E-state index in [9.17, 15) is 0 Å². The Morgan fingerprint density at radius 2 is 1.57 bits per heavy atom. The van der Waals surface area contributed by atoms with Crippen molar-refractivity contribution >= 4 is 144 Å². The Hall–Kier alpha value is 4.20. The van der Waals surface area contributed by atoms with Gasteiger partial charge in [-0.3, -0.25) is 0 Å². The van der Waals surface area contributed by atoms with Crippen LogP contribution in [0, 0.1) is 0 Å². The molecule has 3 nitrogen and oxygen atoms in total. The molecule has 0 aliphatic rings. The molecule has 0 bridgehead atoms. The standard InChI is InChI=1S/CHO3.2Cs.Pd/c2-1-4-3;;;/h3H;;;/q-1;;;. The zero-order valence-corrected chi connectivity index (χ0v) is 18.2. The van der Waals surface area contributed by atoms with Crippen LogP contribution in [-0.2, 0) is 30.1 Å². The molecular weight excluding hydrogens is 432 g/mol. The van der Waals surface area contributed by atoms with Gasteiger partial charge in [-0.25, -0.2) is 5.26 Å². The fraction of sp³-hybridized carbons (Fsp3) is 0. The van der Waals surface area contributed by atoms with Crippen LogP contribution in [0.1, 0.15) is 0 Å². The van der Waals surface area contributed by atoms with Gasteiger partial charge in [0.25, 0.3) is 0 Å². The predicted molar refractivity (Wildman–Crippen MR) is 20.9 cm³/mol. The molecule has 0 aromatic heterocycles. The average molecular weight is 433 g/mol. The summed E-state index contributed by atoms with van der Waals surface area (Å²) >= 11 is 0. The third-order valence-electron chi connectivity index (χ3n) is 0.0373. The molecular formula is CHCs2O3Pd-. The summed E-state index contributed by atoms with van der Waals surface area (Å²) in [6.07, 6.45) is 0. The van der Waals surface area contributed by atoms with Crippen LogP contribution in [0.4, 0.5) is 0 Å². The van der Waals surface area contributed by atoms with Crippen LogP contribution in [-0.4, -0.2) is 150 Å². The number of carbonyl (C=O) groups excluding carboxylic acids is 1. The van der Waals surface area contributed by atoms with Gasteiger partial charge in [0.15, 0.2) is 0 Å². The summed E-state index contributed by atoms with van der Waals surface area (Å²) in [5.41, 5.74) is 0. The van der Waals surface area contributed by atoms with E-state index < -0.39 is 0 Å². The molecule has 0 amide bonds. The van der Waals surface area contributed by atoms with E-state index in [1.807, 2.05) is 0 Å². The first kappa shape index (κ1) is 22.5. The molecule has 0 unspecified atom stereocenters. The molecule has 0 saturated heterocycles. The Kier molecular flexibility index (Phi) is 72.1. The van der Waals surface area contributed by atoms with E-state index in [4.69, 9.17) is 10.1 Å². The smallest absolute Gasteiger partial charge is 0 e. The van der Waals surface area contributed by atoms with E-state index in [0.29, 0.717) is 0 Å². The maximum Gasteiger partial charge on any atom is 0 e. The first-order valence-corrected chi connectivity index (χ1v) is 0.591. The van der Waals surface area contributed by atoms with Crippen molar-refractivity contribution in [3.05, 3.63) is 0 Å². The molecule has 0 rings (SSSR count). The zero-order valence-electron chi connectivity index (χ0n) is 4.08. The molecule has 0 saturated carbocycles. The predicted octanol–water partition coefficient (Wildman–Crippen LogP) is -1.22. The number of hydrogen-bond donors (Lipinski definition) is 1. The van der Waals surface area contributed by atoms with Crippen LogP contribution in [0.3, 0.4) is 0 Å². The maximum atomic E-state index is 8.58. The molecule has 0 aliphatic carbocycles. The first-order chi connectivity index (χ1) is 1.91. The molecule has 36 valence electrons. The normalized spacial score (nSPS) is 3.00. The molecule has 0 aromatic carbocycles. The van der Waals surface area contributed by atoms with Crippen LogP contribution in [0.15, 0.2) is 0 Å². The average Bonchev–Trinajstić information content (AvgIpc) is 1.37. The van der Waals surface area contributed by atoms with Crippen molar-refractivity contribution in [1.82, 2.24) is 0 Å². The SMILES string of the molecule is O=[C-]OO.[Cs].[Cs].[Pd]. The molecule has 7 heavy (non-hydrogen) atoms. The Labute approximate surface area is 173 Å². The Bertz CT molecular complexity index is 26.9. The first-order valence-electron chi connectivity index (χ1n) is 0.591. The molecule has 0 atom stereocenters. The van der Waals surface area contributed by atoms with Gasteiger partial charge in [0, 0.05) is 158 Å². The molecule has 0 fully saturated rings. The van der Waals surface area contributed by atoms with E-state index in [-0.39, 0.29) is 158 Å². The number of rotatable bonds is 1. The monoisotopic (exact) mass is 433 g/mol. The quantitative estimate of drug-likeness (QED) is 0.244. The zero-order chi connectivity index (χ0) is 3.41. The minimum atomic E-state index is 0. The second-order valence-electron chi connectivity index (χ2n) is 0.175. The van der Waals surface area contributed by atoms with Crippen molar-refractivity contribution in [2.24, 2.45) is 0 Å². The van der Waals surface area contributed by atoms with Crippen molar-refractivity contribution in [3.63, 3.8) is 0 Å². The van der Waals surface area contributed by atoms with E-state index in [1.165, 1.54) is 0 Å². The summed E-state index contributed by atoms with van der Waals surface area (Å²) < 4.78 is 0. The van der Waals surface area contributed by atoms with E-state index >= 15 is 0 Å². The van der Waals surface area contributed by atoms with Gasteiger partial charge in [-0.1, -0.05) is 0 Å². The van der Waals surface area contributed by atoms with E-state index in [2.05, 4.69) is 4.89 Å². The van der Waals surface area contributed by atoms with Crippen molar-refractivity contribution in [3.8, 4) is 0 Å². The molecule has 0 aliphatic heterocycles. The van der Waals surface area contributed by atoms with Crippen LogP contribution < -0.4 is 0 Å². The maximum absolute atomic E-state index is 8.58. The summed E-state index contributed by atoms with van der Waals surface area (Å²) in [5.74, 6) is 0. The summed E-state index contributed by atoms with van der Waals surface area (Å²) in [4.78, 5) is 11.3. The Morgan fingerprint density at radius 3 is 1.57 bits per heavy atom. The van der Waals surface area contributed by atoms with Crippen LogP contribution >= 0.6 is 0 Å². The van der Waals surface area contributed by atoms with Crippen molar-refractivity contribution in [2.45, 2.75) is 0 Å². The van der Waals surface area contributed by atoms with Crippen molar-refractivity contribution in [2.75, 3.05) is 0 Å². The Morgan fingerprint density at radius 1 is 1.43 bits per heavy atom. The molecule has 1 N–H and O–H groups in total. The van der Waals surface area contributed by atoms with Crippen molar-refractivity contribution < 1.29 is 35.4 Å². The fourth-order valence-corrected chi connectivity index (χ4v) is 0. The largest absolute Gasteiger partial charge is 0.509 e. The van der Waals surface area contributed by atoms with Gasteiger partial charge >= 0.3 is 0 Å². The molecule has 0 aromatic rings. The van der Waals surface area contributed by atoms with E-state index in [1.54, 1.807) is 0 Å². The van der Waals surface area contributed by atoms with Gasteiger partial charge in [0.2, 0.25) is 0 Å². The van der Waals surface area contributed by atoms with Crippen LogP contribution in [0.25, 0.3) is 0 Å². The Balaban J connectivity index is -0.0000000150. The number of hydrogen-bond acceptors (Lipinski definition) is 3. The van der Waals surface area contributed by atoms with E-state index in [0.717, 1.165) is 6.47 Å². The fourth-order valence-electron chi connectivity index (χ4n) is 0. The minimum absolute atomic E-state index is 0. The summed E-state index contributed by atoms with van der Waals surface area (Å²) in [5, 5.41) is 6.95. The van der Waals surface area contributed by atoms with Gasteiger partial charge in [-0.15, -0.1) is 0 Å². The third-order valence-corrected chi connectivity index (χ3v) is 0.0373. The van der Waals surface area contributed by atoms with Crippen molar-refractivity contribution in [1.29, 1.82) is 0 Å². The van der Waals surface area contributed by atoms with Gasteiger partial charge < -0.3 is 9.68 Å². The summed E-state index contributed by atoms with van der Waals surface area (Å²) in [6, 6.07) is 0.